The Morgan fingerprint density at radius 1 is 1.20 bits per heavy atom. The van der Waals surface area contributed by atoms with Crippen LogP contribution in [0, 0.1) is 0 Å². The van der Waals surface area contributed by atoms with Gasteiger partial charge in [-0.15, -0.1) is 0 Å². The number of hydrogen-bond donors (Lipinski definition) is 1. The van der Waals surface area contributed by atoms with Crippen LogP contribution >= 0.6 is 43.5 Å². The lowest BCUT2D eigenvalue weighted by atomic mass is 10.1. The van der Waals surface area contributed by atoms with E-state index in [1.165, 1.54) is 0 Å². The molecule has 0 saturated carbocycles. The first kappa shape index (κ1) is 15.5. The number of aromatic amines is 1. The molecule has 0 amide bonds. The molecule has 0 bridgehead atoms. The van der Waals surface area contributed by atoms with Gasteiger partial charge in [0.05, 0.1) is 11.3 Å². The molecule has 0 radical (unpaired) electrons. The van der Waals surface area contributed by atoms with Gasteiger partial charge in [0.15, 0.2) is 0 Å². The third-order valence-electron chi connectivity index (χ3n) is 2.83. The van der Waals surface area contributed by atoms with Crippen LogP contribution in [0.25, 0.3) is 5.69 Å². The average molecular weight is 423 g/mol. The zero-order chi connectivity index (χ0) is 15.0. The summed E-state index contributed by atoms with van der Waals surface area (Å²) in [6, 6.07) is 5.32. The third kappa shape index (κ3) is 2.64. The predicted octanol–water partition coefficient (Wildman–Crippen LogP) is 3.83. The molecule has 0 aliphatic rings. The second-order valence-electron chi connectivity index (χ2n) is 4.52. The molecule has 1 aromatic carbocycles. The van der Waals surface area contributed by atoms with E-state index in [4.69, 9.17) is 11.6 Å². The number of hydrogen-bond acceptors (Lipinski definition) is 2. The van der Waals surface area contributed by atoms with Crippen molar-refractivity contribution in [1.82, 2.24) is 9.55 Å². The maximum Gasteiger partial charge on any atom is 0.334 e. The summed E-state index contributed by atoms with van der Waals surface area (Å²) in [5, 5.41) is 0.0921. The Morgan fingerprint density at radius 3 is 2.25 bits per heavy atom. The number of nitrogens with zero attached hydrogens (tertiary/aromatic N) is 1. The van der Waals surface area contributed by atoms with Gasteiger partial charge in [0.1, 0.15) is 5.15 Å². The minimum absolute atomic E-state index is 0.0921. The molecule has 106 valence electrons. The van der Waals surface area contributed by atoms with E-state index < -0.39 is 11.2 Å². The van der Waals surface area contributed by atoms with Crippen LogP contribution in [0.2, 0.25) is 5.15 Å². The third-order valence-corrected chi connectivity index (χ3v) is 4.41. The number of nitrogens with one attached hydrogen (secondary N) is 1. The highest BCUT2D eigenvalue weighted by Crippen LogP contribution is 2.27. The van der Waals surface area contributed by atoms with Gasteiger partial charge in [-0.3, -0.25) is 9.78 Å². The van der Waals surface area contributed by atoms with Crippen molar-refractivity contribution < 1.29 is 0 Å². The highest BCUT2D eigenvalue weighted by molar-refractivity contribution is 9.11. The lowest BCUT2D eigenvalue weighted by molar-refractivity contribution is 0.775. The molecule has 0 unspecified atom stereocenters. The fraction of sp³-hybridized carbons (Fsp3) is 0.231. The van der Waals surface area contributed by atoms with Crippen molar-refractivity contribution in [2.24, 2.45) is 0 Å². The Hall–Kier alpha value is -0.850. The summed E-state index contributed by atoms with van der Waals surface area (Å²) in [4.78, 5) is 27.2. The van der Waals surface area contributed by atoms with Crippen molar-refractivity contribution in [3.63, 3.8) is 0 Å². The smallest absolute Gasteiger partial charge is 0.297 e. The second-order valence-corrected chi connectivity index (χ2v) is 6.61. The molecule has 0 spiro atoms. The molecular weight excluding hydrogens is 411 g/mol. The summed E-state index contributed by atoms with van der Waals surface area (Å²) in [6.45, 7) is 3.70. The molecule has 1 heterocycles. The summed E-state index contributed by atoms with van der Waals surface area (Å²) >= 11 is 12.7. The number of halogens is 3. The van der Waals surface area contributed by atoms with Gasteiger partial charge in [0.25, 0.3) is 5.56 Å². The van der Waals surface area contributed by atoms with Crippen LogP contribution < -0.4 is 11.2 Å². The van der Waals surface area contributed by atoms with Gasteiger partial charge >= 0.3 is 5.69 Å². The van der Waals surface area contributed by atoms with Gasteiger partial charge in [-0.05, 0) is 49.9 Å². The second kappa shape index (κ2) is 5.87. The quantitative estimate of drug-likeness (QED) is 0.748. The van der Waals surface area contributed by atoms with Gasteiger partial charge in [-0.1, -0.05) is 31.5 Å². The van der Waals surface area contributed by atoms with E-state index in [-0.39, 0.29) is 11.1 Å². The SMILES string of the molecule is CC(C)c1c(Cl)[nH]c(=O)n(-c2c(Br)cccc2Br)c1=O. The molecular formula is C13H11Br2ClN2O2. The van der Waals surface area contributed by atoms with Crippen molar-refractivity contribution in [1.29, 1.82) is 0 Å². The number of aromatic nitrogens is 2. The van der Waals surface area contributed by atoms with Crippen LogP contribution in [-0.4, -0.2) is 9.55 Å². The minimum atomic E-state index is -0.572. The molecule has 1 aromatic heterocycles. The Morgan fingerprint density at radius 2 is 1.75 bits per heavy atom. The zero-order valence-corrected chi connectivity index (χ0v) is 14.6. The normalized spacial score (nSPS) is 11.1. The van der Waals surface area contributed by atoms with Crippen molar-refractivity contribution in [2.75, 3.05) is 0 Å². The molecule has 0 saturated heterocycles. The first-order valence-electron chi connectivity index (χ1n) is 5.83. The summed E-state index contributed by atoms with van der Waals surface area (Å²) in [7, 11) is 0. The van der Waals surface area contributed by atoms with Crippen molar-refractivity contribution in [3.05, 3.63) is 58.7 Å². The van der Waals surface area contributed by atoms with Crippen molar-refractivity contribution >= 4 is 43.5 Å². The molecule has 0 atom stereocenters. The van der Waals surface area contributed by atoms with Crippen molar-refractivity contribution in [2.45, 2.75) is 19.8 Å². The Bertz CT molecular complexity index is 761. The highest BCUT2D eigenvalue weighted by Gasteiger charge is 2.19. The van der Waals surface area contributed by atoms with Gasteiger partial charge in [-0.25, -0.2) is 9.36 Å². The summed E-state index contributed by atoms with van der Waals surface area (Å²) < 4.78 is 2.35. The van der Waals surface area contributed by atoms with Crippen molar-refractivity contribution in [3.8, 4) is 5.69 Å². The number of benzene rings is 1. The first-order chi connectivity index (χ1) is 9.34. The predicted molar refractivity (Wildman–Crippen MR) is 87.2 cm³/mol. The van der Waals surface area contributed by atoms with Gasteiger partial charge in [0.2, 0.25) is 0 Å². The average Bonchev–Trinajstić information content (AvgIpc) is 2.31. The maximum atomic E-state index is 12.6. The maximum absolute atomic E-state index is 12.6. The molecule has 0 aliphatic heterocycles. The van der Waals surface area contributed by atoms with E-state index >= 15 is 0 Å². The van der Waals surface area contributed by atoms with E-state index in [1.807, 2.05) is 13.8 Å². The molecule has 1 N–H and O–H groups in total. The van der Waals surface area contributed by atoms with Crippen LogP contribution in [0.1, 0.15) is 25.3 Å². The molecule has 7 heteroatoms. The topological polar surface area (TPSA) is 54.9 Å². The van der Waals surface area contributed by atoms with Gasteiger partial charge in [0, 0.05) is 8.95 Å². The molecule has 2 rings (SSSR count). The van der Waals surface area contributed by atoms with Crippen LogP contribution in [0.3, 0.4) is 0 Å². The van der Waals surface area contributed by atoms with Crippen LogP contribution in [0.5, 0.6) is 0 Å². The van der Waals surface area contributed by atoms with Crippen LogP contribution in [0.15, 0.2) is 36.7 Å². The summed E-state index contributed by atoms with van der Waals surface area (Å²) in [6.07, 6.45) is 0. The molecule has 4 nitrogen and oxygen atoms in total. The zero-order valence-electron chi connectivity index (χ0n) is 10.7. The number of H-pyrrole nitrogens is 1. The lowest BCUT2D eigenvalue weighted by Crippen LogP contribution is -2.37. The fourth-order valence-corrected chi connectivity index (χ4v) is 3.66. The number of rotatable bonds is 2. The Kier molecular flexibility index (Phi) is 4.56. The molecule has 2 aromatic rings. The first-order valence-corrected chi connectivity index (χ1v) is 7.80. The van der Waals surface area contributed by atoms with Crippen LogP contribution in [0.4, 0.5) is 0 Å². The van der Waals surface area contributed by atoms with E-state index in [1.54, 1.807) is 18.2 Å². The van der Waals surface area contributed by atoms with E-state index in [9.17, 15) is 9.59 Å². The molecule has 20 heavy (non-hydrogen) atoms. The lowest BCUT2D eigenvalue weighted by Gasteiger charge is -2.13. The van der Waals surface area contributed by atoms with E-state index in [0.29, 0.717) is 20.2 Å². The minimum Gasteiger partial charge on any atom is -0.297 e. The van der Waals surface area contributed by atoms with Crippen LogP contribution in [-0.2, 0) is 0 Å². The summed E-state index contributed by atoms with van der Waals surface area (Å²) in [5.74, 6) is -0.0978. The largest absolute Gasteiger partial charge is 0.334 e. The van der Waals surface area contributed by atoms with E-state index in [2.05, 4.69) is 36.8 Å². The number of para-hydroxylation sites is 1. The Balaban J connectivity index is 2.93. The Labute approximate surface area is 137 Å². The van der Waals surface area contributed by atoms with Gasteiger partial charge in [-0.2, -0.15) is 0 Å². The monoisotopic (exact) mass is 420 g/mol. The van der Waals surface area contributed by atoms with Gasteiger partial charge < -0.3 is 0 Å². The molecule has 0 aliphatic carbocycles. The molecule has 0 fully saturated rings. The standard InChI is InChI=1S/C13H11Br2ClN2O2/c1-6(2)9-11(16)17-13(20)18(12(9)19)10-7(14)4-3-5-8(10)15/h3-6H,1-2H3,(H,17,20). The van der Waals surface area contributed by atoms with E-state index in [0.717, 1.165) is 4.57 Å². The fourth-order valence-electron chi connectivity index (χ4n) is 1.93. The summed E-state index contributed by atoms with van der Waals surface area (Å²) in [5.41, 5.74) is -0.149. The highest BCUT2D eigenvalue weighted by atomic mass is 79.9.